The van der Waals surface area contributed by atoms with E-state index in [1.807, 2.05) is 36.4 Å². The quantitative estimate of drug-likeness (QED) is 0.713. The zero-order valence-corrected chi connectivity index (χ0v) is 13.0. The predicted molar refractivity (Wildman–Crippen MR) is 70.8 cm³/mol. The molecule has 0 saturated heterocycles. The van der Waals surface area contributed by atoms with E-state index < -0.39 is 12.5 Å². The molecule has 0 aliphatic heterocycles. The standard InChI is InChI=1S/C10H8N2.3ClH.NO.Tc/c1-3-7-11-9(5-1)10-6-2-4-8-12-10;;;;1-2;/h1-8H;3*1H;;/q;;;;-1;+4/p-3. The molecule has 0 bridgehead atoms. The molecule has 0 radical (unpaired) electrons. The van der Waals surface area contributed by atoms with Gasteiger partial charge >= 0.3 is 50.0 Å². The molecule has 8 heteroatoms. The smallest absolute Gasteiger partial charge is 0.0886 e. The largest absolute Gasteiger partial charge is 0.255 e. The maximum Gasteiger partial charge on any atom is 0.0886 e. The van der Waals surface area contributed by atoms with Gasteiger partial charge in [-0.25, -0.2) is 0 Å². The number of aromatic nitrogens is 2. The van der Waals surface area contributed by atoms with Crippen molar-refractivity contribution < 1.29 is 12.5 Å². The van der Waals surface area contributed by atoms with E-state index in [1.165, 1.54) is 0 Å². The van der Waals surface area contributed by atoms with Gasteiger partial charge in [0.1, 0.15) is 0 Å². The van der Waals surface area contributed by atoms with Crippen molar-refractivity contribution >= 4 is 28.8 Å². The first-order chi connectivity index (χ1) is 8.53. The molecule has 97 valence electrons. The number of nitroso groups, excluding NO2 is 1. The van der Waals surface area contributed by atoms with Crippen LogP contribution in [0.25, 0.3) is 11.4 Å². The summed E-state index contributed by atoms with van der Waals surface area (Å²) in [5, 5.41) is 0. The Bertz CT molecular complexity index is 441. The summed E-state index contributed by atoms with van der Waals surface area (Å²) in [5.41, 5.74) is 1.83. The van der Waals surface area contributed by atoms with Crippen molar-refractivity contribution in [1.29, 1.82) is 0 Å². The average molecular weight is 391 g/mol. The van der Waals surface area contributed by atoms with Gasteiger partial charge in [0, 0.05) is 12.4 Å². The van der Waals surface area contributed by atoms with Gasteiger partial charge in [0.25, 0.3) is 0 Å². The molecule has 0 fully saturated rings. The summed E-state index contributed by atoms with van der Waals surface area (Å²) in [6.45, 7) is 0. The maximum absolute atomic E-state index is 9.26. The molecule has 0 unspecified atom stereocenters. The van der Waals surface area contributed by atoms with Crippen LogP contribution < -0.4 is 0 Å². The summed E-state index contributed by atoms with van der Waals surface area (Å²) in [7, 11) is 14.8. The van der Waals surface area contributed by atoms with Crippen LogP contribution >= 0.6 is 28.8 Å². The minimum absolute atomic E-state index is 0.915. The van der Waals surface area contributed by atoms with Gasteiger partial charge in [-0.3, -0.25) is 9.97 Å². The molecule has 2 heterocycles. The van der Waals surface area contributed by atoms with E-state index in [1.54, 1.807) is 12.4 Å². The third-order valence-electron chi connectivity index (χ3n) is 1.67. The molecule has 18 heavy (non-hydrogen) atoms. The number of rotatable bonds is 2. The summed E-state index contributed by atoms with van der Waals surface area (Å²) in [4.78, 5) is 17.6. The van der Waals surface area contributed by atoms with Gasteiger partial charge in [-0.15, -0.1) is 0 Å². The van der Waals surface area contributed by atoms with Crippen LogP contribution in [0.4, 0.5) is 0 Å². The molecule has 0 spiro atoms. The van der Waals surface area contributed by atoms with Crippen molar-refractivity contribution in [3.63, 3.8) is 0 Å². The predicted octanol–water partition coefficient (Wildman–Crippen LogP) is 4.43. The molecule has 0 aromatic carbocycles. The fraction of sp³-hybridized carbons (Fsp3) is 0. The molecule has 0 aliphatic carbocycles. The molecule has 0 aliphatic rings. The van der Waals surface area contributed by atoms with Crippen molar-refractivity contribution in [1.82, 2.24) is 9.97 Å². The summed E-state index contributed by atoms with van der Waals surface area (Å²) >= 11 is -3.49. The van der Waals surface area contributed by atoms with E-state index in [0.717, 1.165) is 11.4 Å². The minimum Gasteiger partial charge on any atom is -0.255 e. The van der Waals surface area contributed by atoms with Gasteiger partial charge in [0.05, 0.1) is 11.4 Å². The van der Waals surface area contributed by atoms with Crippen LogP contribution in [0.15, 0.2) is 52.6 Å². The van der Waals surface area contributed by atoms with Gasteiger partial charge in [-0.2, -0.15) is 0 Å². The van der Waals surface area contributed by atoms with Crippen LogP contribution in [0.3, 0.4) is 0 Å². The van der Waals surface area contributed by atoms with Crippen LogP contribution in [0, 0.1) is 4.91 Å². The SMILES string of the molecule is O=[N][Tc]([Cl])([Cl])[Cl].c1ccc(-c2ccccn2)nc1. The second-order valence-corrected chi connectivity index (χ2v) is 14.9. The molecular weight excluding hydrogens is 382 g/mol. The monoisotopic (exact) mass is 388 g/mol. The second-order valence-electron chi connectivity index (χ2n) is 2.85. The van der Waals surface area contributed by atoms with Crippen LogP contribution in [-0.4, -0.2) is 9.97 Å². The maximum atomic E-state index is 9.26. The van der Waals surface area contributed by atoms with Gasteiger partial charge in [0.15, 0.2) is 0 Å². The Balaban J connectivity index is 0.000000232. The van der Waals surface area contributed by atoms with Gasteiger partial charge in [0.2, 0.25) is 0 Å². The van der Waals surface area contributed by atoms with Crippen LogP contribution in [0.1, 0.15) is 0 Å². The first-order valence-electron chi connectivity index (χ1n) is 4.57. The number of hydrogen-bond donors (Lipinski definition) is 0. The summed E-state index contributed by atoms with van der Waals surface area (Å²) in [6.07, 6.45) is 3.54. The molecule has 0 amide bonds. The number of pyridine rings is 2. The Labute approximate surface area is 120 Å². The van der Waals surface area contributed by atoms with Crippen molar-refractivity contribution in [3.8, 4) is 11.4 Å². The van der Waals surface area contributed by atoms with Gasteiger partial charge < -0.3 is 0 Å². The Morgan fingerprint density at radius 1 is 0.889 bits per heavy atom. The van der Waals surface area contributed by atoms with E-state index in [9.17, 15) is 4.91 Å². The fourth-order valence-electron chi connectivity index (χ4n) is 1.03. The summed E-state index contributed by atoms with van der Waals surface area (Å²) in [5.74, 6) is 0. The van der Waals surface area contributed by atoms with E-state index in [-0.39, 0.29) is 0 Å². The topological polar surface area (TPSA) is 55.2 Å². The van der Waals surface area contributed by atoms with E-state index >= 15 is 0 Å². The van der Waals surface area contributed by atoms with Crippen LogP contribution in [0.5, 0.6) is 0 Å². The van der Waals surface area contributed by atoms with Gasteiger partial charge in [-0.1, -0.05) is 12.1 Å². The fourth-order valence-corrected chi connectivity index (χ4v) is 1.03. The Morgan fingerprint density at radius 3 is 1.50 bits per heavy atom. The Hall–Kier alpha value is -0.581. The van der Waals surface area contributed by atoms with E-state index in [4.69, 9.17) is 28.8 Å². The average Bonchev–Trinajstić information content (AvgIpc) is 2.41. The number of halogens is 3. The summed E-state index contributed by atoms with van der Waals surface area (Å²) in [6, 6.07) is 11.6. The molecule has 2 rings (SSSR count). The zero-order valence-electron chi connectivity index (χ0n) is 8.88. The van der Waals surface area contributed by atoms with Gasteiger partial charge in [-0.05, 0) is 24.3 Å². The number of nitrogens with zero attached hydrogens (tertiary/aromatic N) is 3. The van der Waals surface area contributed by atoms with E-state index in [0.29, 0.717) is 0 Å². The Kier molecular flexibility index (Phi) is 6.68. The van der Waals surface area contributed by atoms with Crippen molar-refractivity contribution in [3.05, 3.63) is 53.7 Å². The normalized spacial score (nSPS) is 11.1. The zero-order chi connectivity index (χ0) is 13.4. The van der Waals surface area contributed by atoms with Crippen LogP contribution in [0.2, 0.25) is 0 Å². The third kappa shape index (κ3) is 6.38. The first kappa shape index (κ1) is 15.5. The molecular formula is C10H8Cl3N3OTc. The number of hydrogen-bond acceptors (Lipinski definition) is 4. The second kappa shape index (κ2) is 7.77. The molecule has 0 N–H and O–H groups in total. The third-order valence-corrected chi connectivity index (χ3v) is 2.98. The van der Waals surface area contributed by atoms with Crippen molar-refractivity contribution in [2.24, 2.45) is 3.85 Å². The first-order valence-corrected chi connectivity index (χ1v) is 12.6. The van der Waals surface area contributed by atoms with Crippen molar-refractivity contribution in [2.45, 2.75) is 0 Å². The molecule has 2 aromatic rings. The molecule has 2 aromatic heterocycles. The van der Waals surface area contributed by atoms with Crippen molar-refractivity contribution in [2.75, 3.05) is 0 Å². The minimum atomic E-state index is -3.49. The van der Waals surface area contributed by atoms with Crippen LogP contribution in [-0.2, 0) is 12.5 Å². The van der Waals surface area contributed by atoms with E-state index in [2.05, 4.69) is 13.8 Å². The summed E-state index contributed by atoms with van der Waals surface area (Å²) < 4.78 is 2.25. The molecule has 0 atom stereocenters. The Morgan fingerprint density at radius 2 is 1.28 bits per heavy atom. The molecule has 0 saturated carbocycles. The molecule has 4 nitrogen and oxygen atoms in total.